The molecule has 0 saturated carbocycles. The molecule has 1 heterocycles. The Hall–Kier alpha value is -0.320. The second-order valence-electron chi connectivity index (χ2n) is 3.78. The van der Waals surface area contributed by atoms with E-state index in [1.54, 1.807) is 0 Å². The largest absolute Gasteiger partial charge is 0.375 e. The summed E-state index contributed by atoms with van der Waals surface area (Å²) in [7, 11) is 1.53. The molecule has 1 atom stereocenters. The van der Waals surface area contributed by atoms with Crippen molar-refractivity contribution in [1.29, 1.82) is 0 Å². The molecule has 5 heteroatoms. The zero-order valence-electron chi connectivity index (χ0n) is 9.25. The molecule has 0 bridgehead atoms. The number of ether oxygens (including phenoxy) is 1. The van der Waals surface area contributed by atoms with E-state index in [1.165, 1.54) is 20.0 Å². The summed E-state index contributed by atoms with van der Waals surface area (Å²) in [5.41, 5.74) is 0. The molecule has 1 aliphatic rings. The summed E-state index contributed by atoms with van der Waals surface area (Å²) in [4.78, 5) is 11.0. The number of piperidine rings is 1. The Morgan fingerprint density at radius 1 is 1.60 bits per heavy atom. The number of carbonyl (C=O) groups excluding carboxylic acids is 1. The summed E-state index contributed by atoms with van der Waals surface area (Å²) in [6.45, 7) is 3.18. The first-order valence-corrected chi connectivity index (χ1v) is 5.29. The molecule has 1 rings (SSSR count). The number of rotatable bonds is 5. The fourth-order valence-electron chi connectivity index (χ4n) is 1.77. The lowest BCUT2D eigenvalue weighted by Crippen LogP contribution is -2.34. The van der Waals surface area contributed by atoms with Gasteiger partial charge >= 0.3 is 0 Å². The lowest BCUT2D eigenvalue weighted by molar-refractivity contribution is -0.124. The van der Waals surface area contributed by atoms with Crippen molar-refractivity contribution in [2.24, 2.45) is 5.92 Å². The van der Waals surface area contributed by atoms with Crippen molar-refractivity contribution in [2.45, 2.75) is 19.3 Å². The first-order valence-electron chi connectivity index (χ1n) is 5.29. The fourth-order valence-corrected chi connectivity index (χ4v) is 1.77. The monoisotopic (exact) mass is 236 g/mol. The average Bonchev–Trinajstić information content (AvgIpc) is 2.20. The predicted molar refractivity (Wildman–Crippen MR) is 62.3 cm³/mol. The van der Waals surface area contributed by atoms with Crippen molar-refractivity contribution in [3.63, 3.8) is 0 Å². The smallest absolute Gasteiger partial charge is 0.245 e. The van der Waals surface area contributed by atoms with Crippen LogP contribution in [0, 0.1) is 5.92 Å². The van der Waals surface area contributed by atoms with E-state index in [4.69, 9.17) is 4.74 Å². The Morgan fingerprint density at radius 3 is 3.00 bits per heavy atom. The van der Waals surface area contributed by atoms with Gasteiger partial charge in [0.25, 0.3) is 0 Å². The van der Waals surface area contributed by atoms with Crippen molar-refractivity contribution in [3.05, 3.63) is 0 Å². The van der Waals surface area contributed by atoms with Gasteiger partial charge in [-0.1, -0.05) is 0 Å². The molecule has 15 heavy (non-hydrogen) atoms. The van der Waals surface area contributed by atoms with Crippen LogP contribution in [0.3, 0.4) is 0 Å². The van der Waals surface area contributed by atoms with Crippen LogP contribution >= 0.6 is 12.4 Å². The van der Waals surface area contributed by atoms with Gasteiger partial charge in [0.05, 0.1) is 0 Å². The van der Waals surface area contributed by atoms with Crippen LogP contribution in [0.4, 0.5) is 0 Å². The quantitative estimate of drug-likeness (QED) is 0.734. The zero-order valence-corrected chi connectivity index (χ0v) is 10.1. The van der Waals surface area contributed by atoms with Crippen LogP contribution in [0.5, 0.6) is 0 Å². The van der Waals surface area contributed by atoms with Gasteiger partial charge in [-0.2, -0.15) is 0 Å². The van der Waals surface area contributed by atoms with Crippen LogP contribution in [-0.4, -0.2) is 39.3 Å². The number of nitrogens with one attached hydrogen (secondary N) is 2. The van der Waals surface area contributed by atoms with E-state index >= 15 is 0 Å². The first-order chi connectivity index (χ1) is 6.83. The predicted octanol–water partition coefficient (Wildman–Crippen LogP) is 0.560. The normalized spacial score (nSPS) is 20.5. The molecule has 1 fully saturated rings. The molecule has 0 aromatic rings. The van der Waals surface area contributed by atoms with E-state index in [-0.39, 0.29) is 24.9 Å². The van der Waals surface area contributed by atoms with Crippen molar-refractivity contribution in [1.82, 2.24) is 10.6 Å². The van der Waals surface area contributed by atoms with Crippen LogP contribution in [-0.2, 0) is 9.53 Å². The second-order valence-corrected chi connectivity index (χ2v) is 3.78. The highest BCUT2D eigenvalue weighted by atomic mass is 35.5. The van der Waals surface area contributed by atoms with E-state index in [9.17, 15) is 4.79 Å². The number of hydrogen-bond acceptors (Lipinski definition) is 3. The fraction of sp³-hybridized carbons (Fsp3) is 0.900. The highest BCUT2D eigenvalue weighted by Gasteiger charge is 2.12. The van der Waals surface area contributed by atoms with E-state index in [0.29, 0.717) is 0 Å². The van der Waals surface area contributed by atoms with Crippen molar-refractivity contribution < 1.29 is 9.53 Å². The van der Waals surface area contributed by atoms with Crippen LogP contribution in [0.2, 0.25) is 0 Å². The molecule has 1 unspecified atom stereocenters. The third-order valence-corrected chi connectivity index (χ3v) is 2.55. The standard InChI is InChI=1S/C10H20N2O2.ClH/c1-14-8-10(13)12-6-4-9-3-2-5-11-7-9;/h9,11H,2-8H2,1H3,(H,12,13);1H. The molecular weight excluding hydrogens is 216 g/mol. The van der Waals surface area contributed by atoms with Crippen molar-refractivity contribution in [2.75, 3.05) is 33.4 Å². The number of methoxy groups -OCH3 is 1. The summed E-state index contributed by atoms with van der Waals surface area (Å²) < 4.78 is 4.72. The summed E-state index contributed by atoms with van der Waals surface area (Å²) >= 11 is 0. The minimum atomic E-state index is -0.0173. The third-order valence-electron chi connectivity index (χ3n) is 2.55. The molecule has 90 valence electrons. The van der Waals surface area contributed by atoms with Crippen LogP contribution in [0.1, 0.15) is 19.3 Å². The summed E-state index contributed by atoms with van der Waals surface area (Å²) in [6.07, 6.45) is 3.62. The summed E-state index contributed by atoms with van der Waals surface area (Å²) in [5, 5.41) is 6.20. The van der Waals surface area contributed by atoms with Crippen LogP contribution in [0.15, 0.2) is 0 Å². The van der Waals surface area contributed by atoms with Gasteiger partial charge in [-0.15, -0.1) is 12.4 Å². The molecule has 0 aliphatic carbocycles. The van der Waals surface area contributed by atoms with Gasteiger partial charge in [0, 0.05) is 13.7 Å². The van der Waals surface area contributed by atoms with Gasteiger partial charge in [-0.25, -0.2) is 0 Å². The van der Waals surface area contributed by atoms with Crippen LogP contribution in [0.25, 0.3) is 0 Å². The minimum absolute atomic E-state index is 0. The van der Waals surface area contributed by atoms with E-state index in [0.717, 1.165) is 32.0 Å². The molecule has 1 aliphatic heterocycles. The number of hydrogen-bond donors (Lipinski definition) is 2. The maximum absolute atomic E-state index is 11.0. The molecule has 0 spiro atoms. The Kier molecular flexibility index (Phi) is 8.76. The Bertz CT molecular complexity index is 173. The summed E-state index contributed by atoms with van der Waals surface area (Å²) in [5.74, 6) is 0.711. The second kappa shape index (κ2) is 8.95. The molecule has 0 aromatic heterocycles. The lowest BCUT2D eigenvalue weighted by Gasteiger charge is -2.22. The van der Waals surface area contributed by atoms with Crippen molar-refractivity contribution >= 4 is 18.3 Å². The van der Waals surface area contributed by atoms with Gasteiger partial charge in [-0.05, 0) is 38.3 Å². The maximum Gasteiger partial charge on any atom is 0.245 e. The maximum atomic E-state index is 11.0. The molecule has 1 amide bonds. The Morgan fingerprint density at radius 2 is 2.40 bits per heavy atom. The van der Waals surface area contributed by atoms with E-state index in [1.807, 2.05) is 0 Å². The third kappa shape index (κ3) is 6.71. The Labute approximate surface area is 97.5 Å². The molecule has 1 saturated heterocycles. The number of carbonyl (C=O) groups is 1. The van der Waals surface area contributed by atoms with Gasteiger partial charge in [0.2, 0.25) is 5.91 Å². The van der Waals surface area contributed by atoms with Gasteiger partial charge in [0.15, 0.2) is 0 Å². The van der Waals surface area contributed by atoms with Gasteiger partial charge in [0.1, 0.15) is 6.61 Å². The molecule has 0 radical (unpaired) electrons. The summed E-state index contributed by atoms with van der Waals surface area (Å²) in [6, 6.07) is 0. The highest BCUT2D eigenvalue weighted by molar-refractivity contribution is 5.85. The molecular formula is C10H21ClN2O2. The topological polar surface area (TPSA) is 50.4 Å². The van der Waals surface area contributed by atoms with E-state index < -0.39 is 0 Å². The zero-order chi connectivity index (χ0) is 10.2. The first kappa shape index (κ1) is 14.7. The van der Waals surface area contributed by atoms with Gasteiger partial charge < -0.3 is 15.4 Å². The molecule has 0 aromatic carbocycles. The lowest BCUT2D eigenvalue weighted by atomic mass is 9.96. The van der Waals surface area contributed by atoms with Gasteiger partial charge in [-0.3, -0.25) is 4.79 Å². The molecule has 4 nitrogen and oxygen atoms in total. The minimum Gasteiger partial charge on any atom is -0.375 e. The number of amides is 1. The van der Waals surface area contributed by atoms with Crippen LogP contribution < -0.4 is 10.6 Å². The van der Waals surface area contributed by atoms with E-state index in [2.05, 4.69) is 10.6 Å². The highest BCUT2D eigenvalue weighted by Crippen LogP contribution is 2.12. The molecule has 2 N–H and O–H groups in total. The SMILES string of the molecule is COCC(=O)NCCC1CCCNC1.Cl. The number of halogens is 1. The Balaban J connectivity index is 0.00000196. The average molecular weight is 237 g/mol. The van der Waals surface area contributed by atoms with Crippen molar-refractivity contribution in [3.8, 4) is 0 Å².